The van der Waals surface area contributed by atoms with Crippen molar-refractivity contribution in [1.82, 2.24) is 0 Å². The van der Waals surface area contributed by atoms with Crippen molar-refractivity contribution in [3.63, 3.8) is 0 Å². The number of ether oxygens (including phenoxy) is 1. The van der Waals surface area contributed by atoms with Gasteiger partial charge in [-0.2, -0.15) is 0 Å². The highest BCUT2D eigenvalue weighted by atomic mass is 16.5. The Morgan fingerprint density at radius 1 is 1.00 bits per heavy atom. The van der Waals surface area contributed by atoms with E-state index in [4.69, 9.17) is 9.15 Å². The Morgan fingerprint density at radius 3 is 2.38 bits per heavy atom. The minimum Gasteiger partial charge on any atom is -0.508 e. The van der Waals surface area contributed by atoms with E-state index in [1.165, 1.54) is 19.2 Å². The Labute approximate surface area is 135 Å². The molecular formula is C17H14O7. The second-order valence-corrected chi connectivity index (χ2v) is 5.26. The molecule has 0 atom stereocenters. The van der Waals surface area contributed by atoms with Crippen molar-refractivity contribution in [1.29, 1.82) is 0 Å². The smallest absolute Gasteiger partial charge is 0.200 e. The van der Waals surface area contributed by atoms with Gasteiger partial charge >= 0.3 is 0 Å². The molecule has 0 aliphatic carbocycles. The summed E-state index contributed by atoms with van der Waals surface area (Å²) in [6, 6.07) is 4.63. The average Bonchev–Trinajstić information content (AvgIpc) is 2.50. The number of phenols is 4. The van der Waals surface area contributed by atoms with Gasteiger partial charge in [0.25, 0.3) is 0 Å². The molecule has 1 heterocycles. The van der Waals surface area contributed by atoms with Crippen molar-refractivity contribution >= 4 is 11.0 Å². The van der Waals surface area contributed by atoms with Gasteiger partial charge in [0, 0.05) is 29.3 Å². The van der Waals surface area contributed by atoms with E-state index in [-0.39, 0.29) is 28.2 Å². The first kappa shape index (κ1) is 15.5. The summed E-state index contributed by atoms with van der Waals surface area (Å²) in [7, 11) is 1.33. The van der Waals surface area contributed by atoms with Crippen molar-refractivity contribution < 1.29 is 29.6 Å². The monoisotopic (exact) mass is 330 g/mol. The van der Waals surface area contributed by atoms with Crippen LogP contribution in [0.15, 0.2) is 33.5 Å². The second kappa shape index (κ2) is 5.38. The van der Waals surface area contributed by atoms with Crippen LogP contribution in [0.3, 0.4) is 0 Å². The Kier molecular flexibility index (Phi) is 3.48. The molecule has 124 valence electrons. The highest BCUT2D eigenvalue weighted by Gasteiger charge is 2.19. The molecule has 2 aromatic carbocycles. The summed E-state index contributed by atoms with van der Waals surface area (Å²) in [4.78, 5) is 12.3. The maximum Gasteiger partial charge on any atom is 0.200 e. The predicted octanol–water partition coefficient (Wildman–Crippen LogP) is 2.60. The zero-order valence-electron chi connectivity index (χ0n) is 12.8. The predicted molar refractivity (Wildman–Crippen MR) is 85.9 cm³/mol. The summed E-state index contributed by atoms with van der Waals surface area (Å²) in [6.07, 6.45) is 0. The molecule has 0 bridgehead atoms. The van der Waals surface area contributed by atoms with Crippen LogP contribution in [0.1, 0.15) is 5.56 Å². The minimum absolute atomic E-state index is 0.0130. The maximum absolute atomic E-state index is 12.3. The molecule has 0 saturated carbocycles. The zero-order chi connectivity index (χ0) is 17.6. The number of aromatic hydroxyl groups is 4. The molecule has 3 aromatic rings. The number of phenolic OH excluding ortho intramolecular Hbond substituents is 4. The molecule has 0 radical (unpaired) electrons. The summed E-state index contributed by atoms with van der Waals surface area (Å²) in [5, 5.41) is 39.0. The van der Waals surface area contributed by atoms with Crippen LogP contribution in [0.5, 0.6) is 28.7 Å². The van der Waals surface area contributed by atoms with Gasteiger partial charge in [-0.05, 0) is 13.0 Å². The Bertz CT molecular complexity index is 1020. The van der Waals surface area contributed by atoms with Crippen LogP contribution in [0.2, 0.25) is 0 Å². The molecule has 0 saturated heterocycles. The van der Waals surface area contributed by atoms with Crippen LogP contribution in [0.4, 0.5) is 0 Å². The first-order chi connectivity index (χ1) is 11.3. The van der Waals surface area contributed by atoms with Gasteiger partial charge in [0.2, 0.25) is 5.75 Å². The van der Waals surface area contributed by atoms with Crippen LogP contribution in [0, 0.1) is 6.92 Å². The highest BCUT2D eigenvalue weighted by Crippen LogP contribution is 2.43. The van der Waals surface area contributed by atoms with E-state index in [2.05, 4.69) is 0 Å². The second-order valence-electron chi connectivity index (χ2n) is 5.26. The molecule has 0 amide bonds. The first-order valence-electron chi connectivity index (χ1n) is 6.93. The Morgan fingerprint density at radius 2 is 1.71 bits per heavy atom. The molecule has 3 rings (SSSR count). The highest BCUT2D eigenvalue weighted by molar-refractivity contribution is 5.86. The molecule has 7 heteroatoms. The summed E-state index contributed by atoms with van der Waals surface area (Å²) >= 11 is 0. The van der Waals surface area contributed by atoms with Crippen molar-refractivity contribution in [3.05, 3.63) is 40.1 Å². The summed E-state index contributed by atoms with van der Waals surface area (Å²) in [5.41, 5.74) is 0.235. The topological polar surface area (TPSA) is 120 Å². The van der Waals surface area contributed by atoms with Gasteiger partial charge in [0.1, 0.15) is 28.2 Å². The number of methoxy groups -OCH3 is 1. The third kappa shape index (κ3) is 2.26. The summed E-state index contributed by atoms with van der Waals surface area (Å²) < 4.78 is 10.7. The maximum atomic E-state index is 12.3. The Balaban J connectivity index is 2.36. The van der Waals surface area contributed by atoms with Crippen LogP contribution in [-0.4, -0.2) is 27.5 Å². The van der Waals surface area contributed by atoms with Gasteiger partial charge in [-0.3, -0.25) is 4.79 Å². The van der Waals surface area contributed by atoms with Crippen molar-refractivity contribution in [2.24, 2.45) is 0 Å². The number of hydrogen-bond acceptors (Lipinski definition) is 7. The lowest BCUT2D eigenvalue weighted by atomic mass is 10.0. The molecule has 0 fully saturated rings. The van der Waals surface area contributed by atoms with Gasteiger partial charge in [0.05, 0.1) is 7.11 Å². The van der Waals surface area contributed by atoms with Crippen molar-refractivity contribution in [3.8, 4) is 40.1 Å². The van der Waals surface area contributed by atoms with E-state index in [1.807, 2.05) is 0 Å². The Hall–Kier alpha value is -3.35. The largest absolute Gasteiger partial charge is 0.508 e. The quantitative estimate of drug-likeness (QED) is 0.533. The fourth-order valence-corrected chi connectivity index (χ4v) is 2.62. The standard InChI is InChI=1S/C17H14O7/c1-7-9(5-12(21)16(22)17(7)23-2)13-6-11(20)15-10(19)3-8(18)4-14(15)24-13/h3-6,18-19,21-22H,1-2H3. The molecule has 0 spiro atoms. The summed E-state index contributed by atoms with van der Waals surface area (Å²) in [6.45, 7) is 1.62. The number of fused-ring (bicyclic) bond motifs is 1. The average molecular weight is 330 g/mol. The van der Waals surface area contributed by atoms with E-state index in [9.17, 15) is 25.2 Å². The van der Waals surface area contributed by atoms with Crippen LogP contribution >= 0.6 is 0 Å². The normalized spacial score (nSPS) is 10.9. The molecule has 0 aliphatic rings. The van der Waals surface area contributed by atoms with Gasteiger partial charge in [-0.25, -0.2) is 0 Å². The lowest BCUT2D eigenvalue weighted by Crippen LogP contribution is -2.01. The number of benzene rings is 2. The fourth-order valence-electron chi connectivity index (χ4n) is 2.62. The molecule has 0 aliphatic heterocycles. The first-order valence-corrected chi connectivity index (χ1v) is 6.93. The lowest BCUT2D eigenvalue weighted by molar-refractivity contribution is 0.349. The van der Waals surface area contributed by atoms with Gasteiger partial charge < -0.3 is 29.6 Å². The third-order valence-electron chi connectivity index (χ3n) is 3.75. The lowest BCUT2D eigenvalue weighted by Gasteiger charge is -2.13. The van der Waals surface area contributed by atoms with Crippen LogP contribution in [-0.2, 0) is 0 Å². The SMILES string of the molecule is COc1c(C)c(-c2cc(=O)c3c(O)cc(O)cc3o2)cc(O)c1O. The van der Waals surface area contributed by atoms with E-state index in [0.717, 1.165) is 12.1 Å². The number of hydrogen-bond donors (Lipinski definition) is 4. The minimum atomic E-state index is -0.519. The van der Waals surface area contributed by atoms with E-state index >= 15 is 0 Å². The van der Waals surface area contributed by atoms with Gasteiger partial charge in [0.15, 0.2) is 16.9 Å². The fraction of sp³-hybridized carbons (Fsp3) is 0.118. The van der Waals surface area contributed by atoms with Gasteiger partial charge in [-0.1, -0.05) is 0 Å². The van der Waals surface area contributed by atoms with E-state index in [0.29, 0.717) is 11.1 Å². The zero-order valence-corrected chi connectivity index (χ0v) is 12.8. The molecule has 1 aromatic heterocycles. The van der Waals surface area contributed by atoms with E-state index < -0.39 is 22.7 Å². The summed E-state index contributed by atoms with van der Waals surface area (Å²) in [5.74, 6) is -1.38. The molecule has 4 N–H and O–H groups in total. The van der Waals surface area contributed by atoms with Crippen molar-refractivity contribution in [2.45, 2.75) is 6.92 Å². The van der Waals surface area contributed by atoms with Crippen LogP contribution in [0.25, 0.3) is 22.3 Å². The molecule has 7 nitrogen and oxygen atoms in total. The van der Waals surface area contributed by atoms with Gasteiger partial charge in [-0.15, -0.1) is 0 Å². The van der Waals surface area contributed by atoms with Crippen LogP contribution < -0.4 is 10.2 Å². The molecule has 24 heavy (non-hydrogen) atoms. The third-order valence-corrected chi connectivity index (χ3v) is 3.75. The number of rotatable bonds is 2. The van der Waals surface area contributed by atoms with Crippen molar-refractivity contribution in [2.75, 3.05) is 7.11 Å². The van der Waals surface area contributed by atoms with E-state index in [1.54, 1.807) is 6.92 Å². The molecular weight excluding hydrogens is 316 g/mol. The molecule has 0 unspecified atom stereocenters.